The smallest absolute Gasteiger partial charge is 0.134 e. The predicted molar refractivity (Wildman–Crippen MR) is 89.0 cm³/mol. The number of hydrogen-bond donors (Lipinski definition) is 1. The minimum atomic E-state index is 0.127. The fourth-order valence-corrected chi connectivity index (χ4v) is 2.39. The first kappa shape index (κ1) is 13.6. The summed E-state index contributed by atoms with van der Waals surface area (Å²) < 4.78 is 5.89. The number of fused-ring (bicyclic) bond motifs is 1. The van der Waals surface area contributed by atoms with Gasteiger partial charge in [-0.3, -0.25) is 0 Å². The summed E-state index contributed by atoms with van der Waals surface area (Å²) in [4.78, 5) is 2.09. The Morgan fingerprint density at radius 3 is 2.38 bits per heavy atom. The molecule has 3 rings (SSSR count). The van der Waals surface area contributed by atoms with Gasteiger partial charge in [-0.1, -0.05) is 18.2 Å². The molecular formula is C18H20N2O. The summed E-state index contributed by atoms with van der Waals surface area (Å²) in [5.41, 5.74) is 3.22. The molecule has 1 N–H and O–H groups in total. The van der Waals surface area contributed by atoms with Gasteiger partial charge in [-0.05, 0) is 43.3 Å². The number of nitrogens with one attached hydrogen (secondary N) is 1. The molecule has 0 aliphatic heterocycles. The molecule has 21 heavy (non-hydrogen) atoms. The van der Waals surface area contributed by atoms with Gasteiger partial charge in [0.15, 0.2) is 0 Å². The van der Waals surface area contributed by atoms with Crippen LogP contribution in [0.25, 0.3) is 11.0 Å². The second kappa shape index (κ2) is 5.52. The third kappa shape index (κ3) is 2.87. The van der Waals surface area contributed by atoms with E-state index in [0.717, 1.165) is 22.4 Å². The highest BCUT2D eigenvalue weighted by Gasteiger charge is 2.11. The average Bonchev–Trinajstić information content (AvgIpc) is 2.92. The molecule has 0 spiro atoms. The molecule has 1 unspecified atom stereocenters. The Morgan fingerprint density at radius 2 is 1.71 bits per heavy atom. The van der Waals surface area contributed by atoms with Gasteiger partial charge < -0.3 is 14.6 Å². The maximum Gasteiger partial charge on any atom is 0.134 e. The van der Waals surface area contributed by atoms with Crippen molar-refractivity contribution in [2.75, 3.05) is 24.3 Å². The lowest BCUT2D eigenvalue weighted by atomic mass is 10.2. The largest absolute Gasteiger partial charge is 0.459 e. The van der Waals surface area contributed by atoms with Crippen molar-refractivity contribution in [3.8, 4) is 0 Å². The molecule has 0 fully saturated rings. The van der Waals surface area contributed by atoms with Crippen LogP contribution in [0.15, 0.2) is 59.0 Å². The van der Waals surface area contributed by atoms with Gasteiger partial charge in [0.25, 0.3) is 0 Å². The van der Waals surface area contributed by atoms with Gasteiger partial charge in [0.1, 0.15) is 11.3 Å². The normalized spacial score (nSPS) is 12.3. The monoisotopic (exact) mass is 280 g/mol. The van der Waals surface area contributed by atoms with E-state index in [4.69, 9.17) is 4.42 Å². The van der Waals surface area contributed by atoms with Crippen molar-refractivity contribution in [1.82, 2.24) is 0 Å². The summed E-state index contributed by atoms with van der Waals surface area (Å²) >= 11 is 0. The minimum absolute atomic E-state index is 0.127. The Labute approximate surface area is 125 Å². The van der Waals surface area contributed by atoms with E-state index >= 15 is 0 Å². The highest BCUT2D eigenvalue weighted by Crippen LogP contribution is 2.26. The molecule has 3 nitrogen and oxygen atoms in total. The lowest BCUT2D eigenvalue weighted by Gasteiger charge is -2.15. The first-order chi connectivity index (χ1) is 10.1. The van der Waals surface area contributed by atoms with Crippen molar-refractivity contribution in [3.05, 3.63) is 60.4 Å². The Morgan fingerprint density at radius 1 is 1.00 bits per heavy atom. The minimum Gasteiger partial charge on any atom is -0.459 e. The van der Waals surface area contributed by atoms with E-state index in [1.807, 2.05) is 32.3 Å². The second-order valence-corrected chi connectivity index (χ2v) is 5.49. The van der Waals surface area contributed by atoms with Crippen LogP contribution in [-0.2, 0) is 0 Å². The Balaban J connectivity index is 1.77. The van der Waals surface area contributed by atoms with Gasteiger partial charge in [0.2, 0.25) is 0 Å². The van der Waals surface area contributed by atoms with Crippen LogP contribution in [0.5, 0.6) is 0 Å². The molecule has 0 aliphatic carbocycles. The Kier molecular flexibility index (Phi) is 3.57. The molecule has 2 aromatic carbocycles. The third-order valence-corrected chi connectivity index (χ3v) is 3.64. The van der Waals surface area contributed by atoms with E-state index in [2.05, 4.69) is 53.5 Å². The van der Waals surface area contributed by atoms with E-state index in [0.29, 0.717) is 0 Å². The number of hydrogen-bond acceptors (Lipinski definition) is 3. The van der Waals surface area contributed by atoms with Crippen molar-refractivity contribution in [2.45, 2.75) is 13.0 Å². The molecular weight excluding hydrogens is 260 g/mol. The molecule has 0 radical (unpaired) electrons. The zero-order valence-corrected chi connectivity index (χ0v) is 12.6. The van der Waals surface area contributed by atoms with Gasteiger partial charge in [-0.2, -0.15) is 0 Å². The second-order valence-electron chi connectivity index (χ2n) is 5.49. The molecule has 0 bridgehead atoms. The van der Waals surface area contributed by atoms with Crippen LogP contribution < -0.4 is 10.2 Å². The molecule has 3 heteroatoms. The molecule has 1 heterocycles. The van der Waals surface area contributed by atoms with Gasteiger partial charge >= 0.3 is 0 Å². The topological polar surface area (TPSA) is 28.4 Å². The van der Waals surface area contributed by atoms with E-state index in [9.17, 15) is 0 Å². The van der Waals surface area contributed by atoms with Crippen molar-refractivity contribution in [2.24, 2.45) is 0 Å². The summed E-state index contributed by atoms with van der Waals surface area (Å²) in [6, 6.07) is 18.7. The van der Waals surface area contributed by atoms with Crippen molar-refractivity contribution in [1.29, 1.82) is 0 Å². The molecule has 3 aromatic rings. The summed E-state index contributed by atoms with van der Waals surface area (Å²) in [5, 5.41) is 4.62. The summed E-state index contributed by atoms with van der Waals surface area (Å²) in [6.45, 7) is 2.11. The number of benzene rings is 2. The van der Waals surface area contributed by atoms with Crippen molar-refractivity contribution >= 4 is 22.3 Å². The van der Waals surface area contributed by atoms with Crippen molar-refractivity contribution < 1.29 is 4.42 Å². The molecule has 1 atom stereocenters. The highest BCUT2D eigenvalue weighted by molar-refractivity contribution is 5.77. The predicted octanol–water partition coefficient (Wildman–Crippen LogP) is 4.67. The summed E-state index contributed by atoms with van der Waals surface area (Å²) in [6.07, 6.45) is 0. The SMILES string of the molecule is CC(Nc1ccc(N(C)C)cc1)c1cc2ccccc2o1. The van der Waals surface area contributed by atoms with Crippen LogP contribution in [0.4, 0.5) is 11.4 Å². The van der Waals surface area contributed by atoms with E-state index < -0.39 is 0 Å². The molecule has 0 amide bonds. The van der Waals surface area contributed by atoms with Crippen LogP contribution in [0.2, 0.25) is 0 Å². The maximum atomic E-state index is 5.89. The first-order valence-corrected chi connectivity index (χ1v) is 7.16. The lowest BCUT2D eigenvalue weighted by Crippen LogP contribution is -2.09. The van der Waals surface area contributed by atoms with Crippen molar-refractivity contribution in [3.63, 3.8) is 0 Å². The molecule has 0 saturated carbocycles. The van der Waals surface area contributed by atoms with Gasteiger partial charge in [0.05, 0.1) is 6.04 Å². The molecule has 0 aliphatic rings. The number of anilines is 2. The highest BCUT2D eigenvalue weighted by atomic mass is 16.3. The van der Waals surface area contributed by atoms with Crippen LogP contribution in [0.1, 0.15) is 18.7 Å². The molecule has 108 valence electrons. The van der Waals surface area contributed by atoms with E-state index in [-0.39, 0.29) is 6.04 Å². The zero-order chi connectivity index (χ0) is 14.8. The van der Waals surface area contributed by atoms with Crippen LogP contribution in [0, 0.1) is 0 Å². The van der Waals surface area contributed by atoms with Crippen LogP contribution in [-0.4, -0.2) is 14.1 Å². The fraction of sp³-hybridized carbons (Fsp3) is 0.222. The third-order valence-electron chi connectivity index (χ3n) is 3.64. The van der Waals surface area contributed by atoms with Gasteiger partial charge in [0, 0.05) is 30.9 Å². The molecule has 0 saturated heterocycles. The number of rotatable bonds is 4. The average molecular weight is 280 g/mol. The number of furan rings is 1. The van der Waals surface area contributed by atoms with E-state index in [1.54, 1.807) is 0 Å². The summed E-state index contributed by atoms with van der Waals surface area (Å²) in [5.74, 6) is 0.952. The van der Waals surface area contributed by atoms with Gasteiger partial charge in [-0.15, -0.1) is 0 Å². The fourth-order valence-electron chi connectivity index (χ4n) is 2.39. The van der Waals surface area contributed by atoms with Gasteiger partial charge in [-0.25, -0.2) is 0 Å². The lowest BCUT2D eigenvalue weighted by molar-refractivity contribution is 0.526. The number of nitrogens with zero attached hydrogens (tertiary/aromatic N) is 1. The zero-order valence-electron chi connectivity index (χ0n) is 12.6. The Hall–Kier alpha value is -2.42. The first-order valence-electron chi connectivity index (χ1n) is 7.16. The Bertz CT molecular complexity index is 695. The van der Waals surface area contributed by atoms with Crippen LogP contribution >= 0.6 is 0 Å². The summed E-state index contributed by atoms with van der Waals surface area (Å²) in [7, 11) is 4.08. The van der Waals surface area contributed by atoms with E-state index in [1.165, 1.54) is 5.69 Å². The quantitative estimate of drug-likeness (QED) is 0.752. The van der Waals surface area contributed by atoms with Crippen LogP contribution in [0.3, 0.4) is 0 Å². The number of para-hydroxylation sites is 1. The molecule has 1 aromatic heterocycles. The standard InChI is InChI=1S/C18H20N2O/c1-13(18-12-14-6-4-5-7-17(14)21-18)19-15-8-10-16(11-9-15)20(2)3/h4-13,19H,1-3H3. The maximum absolute atomic E-state index is 5.89.